The predicted molar refractivity (Wildman–Crippen MR) is 140 cm³/mol. The molecule has 2 aliphatic heterocycles. The summed E-state index contributed by atoms with van der Waals surface area (Å²) < 4.78 is 0. The van der Waals surface area contributed by atoms with Crippen molar-refractivity contribution < 1.29 is 9.59 Å². The van der Waals surface area contributed by atoms with Crippen molar-refractivity contribution in [2.45, 2.75) is 33.2 Å². The number of thioether (sulfide) groups is 1. The molecule has 2 aliphatic rings. The van der Waals surface area contributed by atoms with Crippen molar-refractivity contribution >= 4 is 46.0 Å². The number of fused-ring (bicyclic) bond motifs is 1. The van der Waals surface area contributed by atoms with Crippen LogP contribution >= 0.6 is 23.4 Å². The fourth-order valence-electron chi connectivity index (χ4n) is 4.39. The molecule has 0 aliphatic carbocycles. The number of amidine groups is 1. The highest BCUT2D eigenvalue weighted by atomic mass is 35.5. The molecule has 0 bridgehead atoms. The number of carbonyl (C=O) groups is 2. The molecule has 4 rings (SSSR count). The van der Waals surface area contributed by atoms with Crippen LogP contribution in [0.3, 0.4) is 0 Å². The largest absolute Gasteiger partial charge is 0.340 e. The quantitative estimate of drug-likeness (QED) is 0.566. The van der Waals surface area contributed by atoms with Crippen molar-refractivity contribution in [3.05, 3.63) is 76.0 Å². The minimum Gasteiger partial charge on any atom is -0.340 e. The Morgan fingerprint density at radius 1 is 1.18 bits per heavy atom. The van der Waals surface area contributed by atoms with Gasteiger partial charge in [-0.25, -0.2) is 4.99 Å². The Labute approximate surface area is 210 Å². The number of amides is 2. The lowest BCUT2D eigenvalue weighted by Crippen LogP contribution is -2.45. The van der Waals surface area contributed by atoms with E-state index in [2.05, 4.69) is 10.2 Å². The van der Waals surface area contributed by atoms with Gasteiger partial charge in [0.25, 0.3) is 11.8 Å². The van der Waals surface area contributed by atoms with Gasteiger partial charge >= 0.3 is 0 Å². The molecule has 0 spiro atoms. The van der Waals surface area contributed by atoms with Crippen molar-refractivity contribution in [3.8, 4) is 0 Å². The predicted octanol–water partition coefficient (Wildman–Crippen LogP) is 5.58. The standard InChI is InChI=1S/C26H29ClN4O2S/c1-4-30(5-2)25(33)22-17(3)28-26-31(13-8-14-34-26)23(22)18-9-7-12-21(16-18)29-24(32)19-10-6-11-20(27)15-19/h6-7,9-12,15-16,23H,4-5,8,13-14H2,1-3H3,(H,29,32)/t23-/m1/s1. The molecule has 178 valence electrons. The number of allylic oxidation sites excluding steroid dienone is 1. The topological polar surface area (TPSA) is 65.0 Å². The third-order valence-corrected chi connectivity index (χ3v) is 7.40. The van der Waals surface area contributed by atoms with Crippen LogP contribution in [0.2, 0.25) is 5.02 Å². The van der Waals surface area contributed by atoms with Gasteiger partial charge in [-0.2, -0.15) is 0 Å². The molecule has 2 aromatic carbocycles. The van der Waals surface area contributed by atoms with Gasteiger partial charge in [-0.1, -0.05) is 41.6 Å². The first-order valence-electron chi connectivity index (χ1n) is 11.6. The van der Waals surface area contributed by atoms with Gasteiger partial charge in [0.15, 0.2) is 5.17 Å². The number of nitrogens with one attached hydrogen (secondary N) is 1. The number of carbonyl (C=O) groups excluding carboxylic acids is 2. The highest BCUT2D eigenvalue weighted by Gasteiger charge is 2.38. The van der Waals surface area contributed by atoms with E-state index in [9.17, 15) is 9.59 Å². The molecule has 0 unspecified atom stereocenters. The normalized spacial score (nSPS) is 17.7. The van der Waals surface area contributed by atoms with Gasteiger partial charge in [0.05, 0.1) is 17.3 Å². The lowest BCUT2D eigenvalue weighted by Gasteiger charge is -2.41. The lowest BCUT2D eigenvalue weighted by atomic mass is 9.92. The Morgan fingerprint density at radius 2 is 1.94 bits per heavy atom. The van der Waals surface area contributed by atoms with E-state index >= 15 is 0 Å². The third-order valence-electron chi connectivity index (χ3n) is 6.09. The highest BCUT2D eigenvalue weighted by Crippen LogP contribution is 2.40. The van der Waals surface area contributed by atoms with Crippen molar-refractivity contribution in [1.29, 1.82) is 0 Å². The Hall–Kier alpha value is -2.77. The Balaban J connectivity index is 1.71. The number of halogens is 1. The van der Waals surface area contributed by atoms with E-state index in [1.54, 1.807) is 36.0 Å². The van der Waals surface area contributed by atoms with Crippen LogP contribution in [-0.2, 0) is 4.79 Å². The summed E-state index contributed by atoms with van der Waals surface area (Å²) in [5, 5.41) is 4.44. The zero-order chi connectivity index (χ0) is 24.2. The molecule has 1 saturated heterocycles. The summed E-state index contributed by atoms with van der Waals surface area (Å²) in [5.41, 5.74) is 3.58. The molecule has 34 heavy (non-hydrogen) atoms. The second-order valence-electron chi connectivity index (χ2n) is 8.26. The van der Waals surface area contributed by atoms with Gasteiger partial charge in [0, 0.05) is 41.7 Å². The fourth-order valence-corrected chi connectivity index (χ4v) is 5.60. The highest BCUT2D eigenvalue weighted by molar-refractivity contribution is 8.13. The Morgan fingerprint density at radius 3 is 2.68 bits per heavy atom. The van der Waals surface area contributed by atoms with E-state index in [1.165, 1.54) is 0 Å². The van der Waals surface area contributed by atoms with E-state index in [-0.39, 0.29) is 17.9 Å². The first kappa shape index (κ1) is 24.4. The van der Waals surface area contributed by atoms with E-state index in [4.69, 9.17) is 16.6 Å². The van der Waals surface area contributed by atoms with Gasteiger partial charge in [-0.15, -0.1) is 0 Å². The maximum atomic E-state index is 13.6. The molecule has 6 nitrogen and oxygen atoms in total. The van der Waals surface area contributed by atoms with Crippen LogP contribution in [0.5, 0.6) is 0 Å². The van der Waals surface area contributed by atoms with Gasteiger partial charge in [-0.05, 0) is 63.1 Å². The lowest BCUT2D eigenvalue weighted by molar-refractivity contribution is -0.127. The summed E-state index contributed by atoms with van der Waals surface area (Å²) in [5.74, 6) is 0.800. The number of aliphatic imine (C=N–C) groups is 1. The second kappa shape index (κ2) is 10.7. The van der Waals surface area contributed by atoms with Crippen LogP contribution in [0.4, 0.5) is 5.69 Å². The van der Waals surface area contributed by atoms with Crippen LogP contribution in [-0.4, -0.2) is 52.2 Å². The molecule has 0 aromatic heterocycles. The van der Waals surface area contributed by atoms with Crippen LogP contribution in [0.25, 0.3) is 0 Å². The van der Waals surface area contributed by atoms with Gasteiger partial charge in [0.2, 0.25) is 0 Å². The van der Waals surface area contributed by atoms with E-state index in [1.807, 2.05) is 49.9 Å². The molecule has 8 heteroatoms. The first-order valence-corrected chi connectivity index (χ1v) is 12.9. The number of benzene rings is 2. The zero-order valence-corrected chi connectivity index (χ0v) is 21.2. The van der Waals surface area contributed by atoms with Gasteiger partial charge < -0.3 is 15.1 Å². The number of anilines is 1. The van der Waals surface area contributed by atoms with Gasteiger partial charge in [-0.3, -0.25) is 9.59 Å². The molecular weight excluding hydrogens is 468 g/mol. The second-order valence-corrected chi connectivity index (χ2v) is 9.76. The molecule has 2 aromatic rings. The molecule has 2 heterocycles. The number of nitrogens with zero attached hydrogens (tertiary/aromatic N) is 3. The zero-order valence-electron chi connectivity index (χ0n) is 19.7. The summed E-state index contributed by atoms with van der Waals surface area (Å²) in [6.45, 7) is 8.02. The van der Waals surface area contributed by atoms with Crippen LogP contribution < -0.4 is 5.32 Å². The molecule has 1 atom stereocenters. The smallest absolute Gasteiger partial charge is 0.255 e. The van der Waals surface area contributed by atoms with Crippen molar-refractivity contribution in [1.82, 2.24) is 9.80 Å². The minimum atomic E-state index is -0.253. The number of hydrogen-bond acceptors (Lipinski definition) is 5. The number of likely N-dealkylation sites (N-methyl/N-ethyl adjacent to an activating group) is 1. The van der Waals surface area contributed by atoms with E-state index in [0.29, 0.717) is 34.9 Å². The fraction of sp³-hybridized carbons (Fsp3) is 0.346. The molecular formula is C26H29ClN4O2S. The monoisotopic (exact) mass is 496 g/mol. The van der Waals surface area contributed by atoms with Crippen molar-refractivity contribution in [3.63, 3.8) is 0 Å². The number of rotatable bonds is 6. The van der Waals surface area contributed by atoms with Crippen molar-refractivity contribution in [2.75, 3.05) is 30.7 Å². The number of hydrogen-bond donors (Lipinski definition) is 1. The van der Waals surface area contributed by atoms with Crippen LogP contribution in [0.1, 0.15) is 49.2 Å². The Bertz CT molecular complexity index is 1160. The first-order chi connectivity index (χ1) is 16.4. The Kier molecular flexibility index (Phi) is 7.63. The third kappa shape index (κ3) is 5.00. The van der Waals surface area contributed by atoms with Crippen LogP contribution in [0, 0.1) is 0 Å². The minimum absolute atomic E-state index is 0.0132. The van der Waals surface area contributed by atoms with Crippen molar-refractivity contribution in [2.24, 2.45) is 4.99 Å². The maximum absolute atomic E-state index is 13.6. The van der Waals surface area contributed by atoms with E-state index in [0.717, 1.165) is 35.1 Å². The summed E-state index contributed by atoms with van der Waals surface area (Å²) in [7, 11) is 0. The summed E-state index contributed by atoms with van der Waals surface area (Å²) in [4.78, 5) is 35.3. The van der Waals surface area contributed by atoms with E-state index < -0.39 is 0 Å². The van der Waals surface area contributed by atoms with Gasteiger partial charge in [0.1, 0.15) is 0 Å². The maximum Gasteiger partial charge on any atom is 0.255 e. The SMILES string of the molecule is CCN(CC)C(=O)C1=C(C)N=C2SCCCN2[C@@H]1c1cccc(NC(=O)c2cccc(Cl)c2)c1. The molecule has 0 saturated carbocycles. The van der Waals surface area contributed by atoms with Crippen LogP contribution in [0.15, 0.2) is 64.8 Å². The average molecular weight is 497 g/mol. The molecule has 1 N–H and O–H groups in total. The summed E-state index contributed by atoms with van der Waals surface area (Å²) >= 11 is 7.78. The summed E-state index contributed by atoms with van der Waals surface area (Å²) in [6.07, 6.45) is 1.02. The average Bonchev–Trinajstić information content (AvgIpc) is 2.84. The molecule has 2 amide bonds. The molecule has 1 fully saturated rings. The summed E-state index contributed by atoms with van der Waals surface area (Å²) in [6, 6.07) is 14.4. The molecule has 0 radical (unpaired) electrons.